The van der Waals surface area contributed by atoms with E-state index in [0.29, 0.717) is 31.1 Å². The van der Waals surface area contributed by atoms with Crippen molar-refractivity contribution in [3.8, 4) is 0 Å². The van der Waals surface area contributed by atoms with Crippen LogP contribution in [-0.2, 0) is 16.6 Å². The van der Waals surface area contributed by atoms with E-state index in [1.165, 1.54) is 9.87 Å². The summed E-state index contributed by atoms with van der Waals surface area (Å²) in [5.74, 6) is 0.350. The fraction of sp³-hybridized carbons (Fsp3) is 0.500. The molecule has 8 heteroatoms. The molecule has 0 unspecified atom stereocenters. The zero-order valence-corrected chi connectivity index (χ0v) is 18.8. The number of benzene rings is 1. The van der Waals surface area contributed by atoms with Crippen LogP contribution in [0.3, 0.4) is 0 Å². The van der Waals surface area contributed by atoms with Gasteiger partial charge in [-0.15, -0.1) is 0 Å². The highest BCUT2D eigenvalue weighted by Gasteiger charge is 2.27. The first-order valence-electron chi connectivity index (χ1n) is 10.6. The average molecular weight is 448 g/mol. The topological polar surface area (TPSA) is 69.7 Å². The lowest BCUT2D eigenvalue weighted by atomic mass is 9.96. The van der Waals surface area contributed by atoms with Crippen molar-refractivity contribution in [2.75, 3.05) is 32.7 Å². The van der Waals surface area contributed by atoms with E-state index in [1.54, 1.807) is 35.6 Å². The van der Waals surface area contributed by atoms with E-state index in [0.717, 1.165) is 45.3 Å². The number of carbonyl (C=O) groups excluding carboxylic acids is 1. The van der Waals surface area contributed by atoms with Gasteiger partial charge in [0.25, 0.3) is 5.91 Å². The fourth-order valence-electron chi connectivity index (χ4n) is 4.18. The van der Waals surface area contributed by atoms with Crippen molar-refractivity contribution < 1.29 is 13.2 Å². The van der Waals surface area contributed by atoms with E-state index in [1.807, 2.05) is 0 Å². The average Bonchev–Trinajstić information content (AvgIpc) is 3.48. The molecule has 1 aromatic carbocycles. The second-order valence-corrected chi connectivity index (χ2v) is 10.9. The Bertz CT molecular complexity index is 929. The lowest BCUT2D eigenvalue weighted by Gasteiger charge is -2.31. The van der Waals surface area contributed by atoms with Crippen LogP contribution < -0.4 is 5.32 Å². The second kappa shape index (κ2) is 9.60. The molecule has 0 aliphatic carbocycles. The number of likely N-dealkylation sites (tertiary alicyclic amines) is 1. The third kappa shape index (κ3) is 5.11. The minimum Gasteiger partial charge on any atom is -0.352 e. The minimum atomic E-state index is -3.44. The Labute approximate surface area is 182 Å². The summed E-state index contributed by atoms with van der Waals surface area (Å²) in [4.78, 5) is 15.2. The first-order chi connectivity index (χ1) is 14.5. The number of hydrogen-bond acceptors (Lipinski definition) is 5. The number of thiophene rings is 1. The molecule has 0 atom stereocenters. The molecule has 4 rings (SSSR count). The van der Waals surface area contributed by atoms with Gasteiger partial charge in [-0.1, -0.05) is 0 Å². The molecule has 2 saturated heterocycles. The standard InChI is InChI=1S/C22H29N3O3S2/c26-22(20-3-5-21(6-4-20)30(27,28)25-10-1-2-11-25)23-15-18-7-12-24(13-8-18)16-19-9-14-29-17-19/h3-6,9,14,17-18H,1-2,7-8,10-13,15-16H2,(H,23,26). The molecule has 0 radical (unpaired) electrons. The number of nitrogens with one attached hydrogen (secondary N) is 1. The molecule has 6 nitrogen and oxygen atoms in total. The quantitative estimate of drug-likeness (QED) is 0.708. The molecule has 0 spiro atoms. The maximum absolute atomic E-state index is 12.6. The SMILES string of the molecule is O=C(NCC1CCN(Cc2ccsc2)CC1)c1ccc(S(=O)(=O)N2CCCC2)cc1. The maximum Gasteiger partial charge on any atom is 0.251 e. The van der Waals surface area contributed by atoms with Gasteiger partial charge in [-0.25, -0.2) is 8.42 Å². The van der Waals surface area contributed by atoms with Gasteiger partial charge in [0, 0.05) is 31.7 Å². The van der Waals surface area contributed by atoms with Crippen LogP contribution in [0.4, 0.5) is 0 Å². The zero-order chi connectivity index (χ0) is 21.0. The monoisotopic (exact) mass is 447 g/mol. The molecule has 2 aliphatic heterocycles. The molecular formula is C22H29N3O3S2. The van der Waals surface area contributed by atoms with E-state index in [-0.39, 0.29) is 10.8 Å². The first kappa shape index (κ1) is 21.5. The molecule has 2 fully saturated rings. The van der Waals surface area contributed by atoms with Crippen LogP contribution in [0.5, 0.6) is 0 Å². The summed E-state index contributed by atoms with van der Waals surface area (Å²) in [6.07, 6.45) is 3.98. The van der Waals surface area contributed by atoms with E-state index >= 15 is 0 Å². The van der Waals surface area contributed by atoms with Crippen LogP contribution >= 0.6 is 11.3 Å². The lowest BCUT2D eigenvalue weighted by molar-refractivity contribution is 0.0935. The van der Waals surface area contributed by atoms with E-state index in [2.05, 4.69) is 27.0 Å². The Morgan fingerprint density at radius 3 is 2.37 bits per heavy atom. The van der Waals surface area contributed by atoms with E-state index in [4.69, 9.17) is 0 Å². The Hall–Kier alpha value is -1.74. The van der Waals surface area contributed by atoms with Crippen molar-refractivity contribution in [2.45, 2.75) is 37.1 Å². The molecule has 2 aliphatic rings. The van der Waals surface area contributed by atoms with Gasteiger partial charge in [-0.3, -0.25) is 9.69 Å². The van der Waals surface area contributed by atoms with E-state index in [9.17, 15) is 13.2 Å². The van der Waals surface area contributed by atoms with Crippen molar-refractivity contribution in [2.24, 2.45) is 5.92 Å². The normalized spacial score (nSPS) is 19.2. The number of hydrogen-bond donors (Lipinski definition) is 1. The third-order valence-corrected chi connectivity index (χ3v) is 8.71. The summed E-state index contributed by atoms with van der Waals surface area (Å²) in [5, 5.41) is 7.35. The second-order valence-electron chi connectivity index (χ2n) is 8.20. The summed E-state index contributed by atoms with van der Waals surface area (Å²) in [6.45, 7) is 4.94. The number of rotatable bonds is 7. The molecule has 1 amide bonds. The highest BCUT2D eigenvalue weighted by molar-refractivity contribution is 7.89. The number of piperidine rings is 1. The van der Waals surface area contributed by atoms with Crippen molar-refractivity contribution in [3.63, 3.8) is 0 Å². The molecule has 1 N–H and O–H groups in total. The van der Waals surface area contributed by atoms with Crippen LogP contribution in [-0.4, -0.2) is 56.3 Å². The number of amides is 1. The minimum absolute atomic E-state index is 0.138. The van der Waals surface area contributed by atoms with Gasteiger partial charge in [0.2, 0.25) is 10.0 Å². The highest BCUT2D eigenvalue weighted by Crippen LogP contribution is 2.22. The van der Waals surface area contributed by atoms with Gasteiger partial charge >= 0.3 is 0 Å². The molecule has 3 heterocycles. The largest absolute Gasteiger partial charge is 0.352 e. The van der Waals surface area contributed by atoms with Crippen LogP contribution in [0.1, 0.15) is 41.6 Å². The fourth-order valence-corrected chi connectivity index (χ4v) is 6.36. The number of nitrogens with zero attached hydrogens (tertiary/aromatic N) is 2. The van der Waals surface area contributed by atoms with Crippen molar-refractivity contribution in [1.82, 2.24) is 14.5 Å². The molecule has 30 heavy (non-hydrogen) atoms. The molecule has 0 bridgehead atoms. The van der Waals surface area contributed by atoms with Gasteiger partial charge in [-0.05, 0) is 91.3 Å². The van der Waals surface area contributed by atoms with Crippen LogP contribution in [0.25, 0.3) is 0 Å². The van der Waals surface area contributed by atoms with E-state index < -0.39 is 10.0 Å². The lowest BCUT2D eigenvalue weighted by Crippen LogP contribution is -2.38. The highest BCUT2D eigenvalue weighted by atomic mass is 32.2. The number of sulfonamides is 1. The Morgan fingerprint density at radius 1 is 1.03 bits per heavy atom. The van der Waals surface area contributed by atoms with Crippen LogP contribution in [0, 0.1) is 5.92 Å². The summed E-state index contributed by atoms with van der Waals surface area (Å²) < 4.78 is 26.7. The van der Waals surface area contributed by atoms with Crippen molar-refractivity contribution in [1.29, 1.82) is 0 Å². The van der Waals surface area contributed by atoms with Gasteiger partial charge in [0.15, 0.2) is 0 Å². The zero-order valence-electron chi connectivity index (χ0n) is 17.1. The Morgan fingerprint density at radius 2 is 1.73 bits per heavy atom. The summed E-state index contributed by atoms with van der Waals surface area (Å²) in [5.41, 5.74) is 1.88. The predicted octanol–water partition coefficient (Wildman–Crippen LogP) is 3.17. The van der Waals surface area contributed by atoms with Gasteiger partial charge < -0.3 is 5.32 Å². The summed E-state index contributed by atoms with van der Waals surface area (Å²) in [7, 11) is -3.44. The Balaban J connectivity index is 1.24. The smallest absolute Gasteiger partial charge is 0.251 e. The molecule has 2 aromatic rings. The molecular weight excluding hydrogens is 418 g/mol. The first-order valence-corrected chi connectivity index (χ1v) is 13.0. The van der Waals surface area contributed by atoms with Gasteiger partial charge in [-0.2, -0.15) is 15.6 Å². The molecule has 1 aromatic heterocycles. The van der Waals surface area contributed by atoms with Gasteiger partial charge in [0.05, 0.1) is 4.90 Å². The van der Waals surface area contributed by atoms with Crippen molar-refractivity contribution >= 4 is 27.3 Å². The van der Waals surface area contributed by atoms with Crippen LogP contribution in [0.15, 0.2) is 46.0 Å². The predicted molar refractivity (Wildman–Crippen MR) is 119 cm³/mol. The molecule has 162 valence electrons. The molecule has 0 saturated carbocycles. The van der Waals surface area contributed by atoms with Crippen molar-refractivity contribution in [3.05, 3.63) is 52.2 Å². The van der Waals surface area contributed by atoms with Gasteiger partial charge in [0.1, 0.15) is 0 Å². The third-order valence-electron chi connectivity index (χ3n) is 6.06. The number of carbonyl (C=O) groups is 1. The van der Waals surface area contributed by atoms with Crippen LogP contribution in [0.2, 0.25) is 0 Å². The maximum atomic E-state index is 12.6. The summed E-state index contributed by atoms with van der Waals surface area (Å²) in [6, 6.07) is 8.50. The Kier molecular flexibility index (Phi) is 6.87. The summed E-state index contributed by atoms with van der Waals surface area (Å²) >= 11 is 1.74.